The van der Waals surface area contributed by atoms with Gasteiger partial charge in [-0.3, -0.25) is 4.84 Å². The third-order valence-corrected chi connectivity index (χ3v) is 3.52. The van der Waals surface area contributed by atoms with Crippen molar-refractivity contribution in [2.75, 3.05) is 6.61 Å². The van der Waals surface area contributed by atoms with Gasteiger partial charge in [0.1, 0.15) is 0 Å². The van der Waals surface area contributed by atoms with Crippen LogP contribution in [0, 0.1) is 0 Å². The first-order valence-corrected chi connectivity index (χ1v) is 6.37. The Hall–Kier alpha value is -0.860. The van der Waals surface area contributed by atoms with Crippen molar-refractivity contribution in [1.29, 1.82) is 0 Å². The fraction of sp³-hybridized carbons (Fsp3) is 0.125. The van der Waals surface area contributed by atoms with Crippen LogP contribution in [0.4, 0.5) is 0 Å². The Morgan fingerprint density at radius 2 is 2.00 bits per heavy atom. The van der Waals surface area contributed by atoms with E-state index in [0.29, 0.717) is 0 Å². The number of rotatable bonds is 5. The van der Waals surface area contributed by atoms with Crippen LogP contribution < -0.4 is 4.89 Å². The van der Waals surface area contributed by atoms with E-state index in [1.165, 1.54) is 12.1 Å². The SMILES string of the molecule is O=C(O)CONS(=O)(=O)c1ccc(Cl)c(Cl)c1. The first-order chi connectivity index (χ1) is 7.83. The monoisotopic (exact) mass is 299 g/mol. The molecule has 94 valence electrons. The van der Waals surface area contributed by atoms with Gasteiger partial charge >= 0.3 is 5.97 Å². The number of halogens is 2. The Morgan fingerprint density at radius 1 is 1.35 bits per heavy atom. The van der Waals surface area contributed by atoms with E-state index in [1.807, 2.05) is 0 Å². The van der Waals surface area contributed by atoms with Crippen LogP contribution in [-0.2, 0) is 19.7 Å². The van der Waals surface area contributed by atoms with Crippen LogP contribution >= 0.6 is 23.2 Å². The number of sulfonamides is 1. The van der Waals surface area contributed by atoms with E-state index in [4.69, 9.17) is 28.3 Å². The molecule has 0 aliphatic rings. The molecule has 0 aliphatic heterocycles. The van der Waals surface area contributed by atoms with E-state index >= 15 is 0 Å². The van der Waals surface area contributed by atoms with Crippen molar-refractivity contribution in [3.63, 3.8) is 0 Å². The van der Waals surface area contributed by atoms with Crippen LogP contribution in [0.3, 0.4) is 0 Å². The molecule has 0 aromatic heterocycles. The highest BCUT2D eigenvalue weighted by atomic mass is 35.5. The van der Waals surface area contributed by atoms with Crippen molar-refractivity contribution in [3.8, 4) is 0 Å². The van der Waals surface area contributed by atoms with Crippen LogP contribution in [0.5, 0.6) is 0 Å². The molecule has 6 nitrogen and oxygen atoms in total. The normalized spacial score (nSPS) is 11.4. The number of carboxylic acids is 1. The van der Waals surface area contributed by atoms with Gasteiger partial charge in [-0.1, -0.05) is 28.1 Å². The Morgan fingerprint density at radius 3 is 2.53 bits per heavy atom. The van der Waals surface area contributed by atoms with E-state index in [1.54, 1.807) is 4.89 Å². The lowest BCUT2D eigenvalue weighted by Crippen LogP contribution is -2.26. The van der Waals surface area contributed by atoms with Gasteiger partial charge in [-0.05, 0) is 18.2 Å². The summed E-state index contributed by atoms with van der Waals surface area (Å²) in [5.74, 6) is -1.30. The molecular weight excluding hydrogens is 293 g/mol. The molecule has 1 rings (SSSR count). The van der Waals surface area contributed by atoms with E-state index in [0.717, 1.165) is 6.07 Å². The highest BCUT2D eigenvalue weighted by Gasteiger charge is 2.16. The van der Waals surface area contributed by atoms with Crippen LogP contribution in [0.25, 0.3) is 0 Å². The van der Waals surface area contributed by atoms with Gasteiger partial charge in [-0.2, -0.15) is 0 Å². The van der Waals surface area contributed by atoms with Gasteiger partial charge in [-0.25, -0.2) is 13.2 Å². The van der Waals surface area contributed by atoms with Gasteiger partial charge in [0.15, 0.2) is 6.61 Å². The van der Waals surface area contributed by atoms with Gasteiger partial charge in [-0.15, -0.1) is 0 Å². The lowest BCUT2D eigenvalue weighted by Gasteiger charge is -2.06. The minimum Gasteiger partial charge on any atom is -0.479 e. The van der Waals surface area contributed by atoms with Crippen LogP contribution in [0.2, 0.25) is 10.0 Å². The van der Waals surface area contributed by atoms with Crippen LogP contribution in [0.1, 0.15) is 0 Å². The average molecular weight is 300 g/mol. The minimum atomic E-state index is -3.97. The second-order valence-electron chi connectivity index (χ2n) is 2.85. The van der Waals surface area contributed by atoms with E-state index < -0.39 is 22.6 Å². The number of benzene rings is 1. The number of carbonyl (C=O) groups is 1. The molecule has 0 heterocycles. The van der Waals surface area contributed by atoms with Gasteiger partial charge in [0, 0.05) is 0 Å². The molecule has 1 aromatic carbocycles. The summed E-state index contributed by atoms with van der Waals surface area (Å²) in [4.78, 5) is 15.9. The maximum Gasteiger partial charge on any atom is 0.331 e. The second kappa shape index (κ2) is 5.65. The fourth-order valence-corrected chi connectivity index (χ4v) is 2.05. The second-order valence-corrected chi connectivity index (χ2v) is 5.30. The van der Waals surface area contributed by atoms with Crippen molar-refractivity contribution in [3.05, 3.63) is 28.2 Å². The van der Waals surface area contributed by atoms with Crippen molar-refractivity contribution >= 4 is 39.2 Å². The van der Waals surface area contributed by atoms with Crippen LogP contribution in [-0.4, -0.2) is 26.1 Å². The largest absolute Gasteiger partial charge is 0.479 e. The number of hydrogen-bond acceptors (Lipinski definition) is 4. The first-order valence-electron chi connectivity index (χ1n) is 4.13. The lowest BCUT2D eigenvalue weighted by atomic mass is 10.4. The molecule has 0 bridgehead atoms. The third kappa shape index (κ3) is 4.14. The van der Waals surface area contributed by atoms with Gasteiger partial charge in [0.2, 0.25) is 0 Å². The Bertz CT molecular complexity index is 531. The summed E-state index contributed by atoms with van der Waals surface area (Å²) in [6.07, 6.45) is 0. The molecule has 0 atom stereocenters. The van der Waals surface area contributed by atoms with E-state index in [9.17, 15) is 13.2 Å². The topological polar surface area (TPSA) is 92.7 Å². The summed E-state index contributed by atoms with van der Waals surface area (Å²) in [5.41, 5.74) is 0. The zero-order valence-corrected chi connectivity index (χ0v) is 10.5. The molecule has 0 unspecified atom stereocenters. The zero-order valence-electron chi connectivity index (χ0n) is 8.18. The Kier molecular flexibility index (Phi) is 4.72. The molecular formula is C8H7Cl2NO5S. The van der Waals surface area contributed by atoms with Gasteiger partial charge in [0.05, 0.1) is 14.9 Å². The molecule has 0 amide bonds. The highest BCUT2D eigenvalue weighted by molar-refractivity contribution is 7.89. The third-order valence-electron chi connectivity index (χ3n) is 1.57. The van der Waals surface area contributed by atoms with E-state index in [2.05, 4.69) is 4.84 Å². The molecule has 0 radical (unpaired) electrons. The first kappa shape index (κ1) is 14.2. The Balaban J connectivity index is 2.82. The van der Waals surface area contributed by atoms with Gasteiger partial charge < -0.3 is 5.11 Å². The number of nitrogens with one attached hydrogen (secondary N) is 1. The minimum absolute atomic E-state index is 0.0628. The molecule has 0 spiro atoms. The molecule has 2 N–H and O–H groups in total. The molecule has 9 heteroatoms. The fourth-order valence-electron chi connectivity index (χ4n) is 0.861. The predicted molar refractivity (Wildman–Crippen MR) is 60.4 cm³/mol. The summed E-state index contributed by atoms with van der Waals surface area (Å²) in [5, 5.41) is 8.53. The van der Waals surface area contributed by atoms with Crippen molar-refractivity contribution in [1.82, 2.24) is 4.89 Å². The molecule has 0 saturated heterocycles. The smallest absolute Gasteiger partial charge is 0.331 e. The number of hydrogen-bond donors (Lipinski definition) is 2. The lowest BCUT2D eigenvalue weighted by molar-refractivity contribution is -0.143. The van der Waals surface area contributed by atoms with E-state index in [-0.39, 0.29) is 14.9 Å². The molecule has 0 aliphatic carbocycles. The summed E-state index contributed by atoms with van der Waals surface area (Å²) in [6, 6.07) is 3.63. The summed E-state index contributed by atoms with van der Waals surface area (Å²) in [6.45, 7) is -0.791. The zero-order chi connectivity index (χ0) is 13.1. The predicted octanol–water partition coefficient (Wildman–Crippen LogP) is 1.29. The highest BCUT2D eigenvalue weighted by Crippen LogP contribution is 2.24. The standard InChI is InChI=1S/C8H7Cl2NO5S/c9-6-2-1-5(3-7(6)10)17(14,15)11-16-4-8(12)13/h1-3,11H,4H2,(H,12,13). The molecule has 1 aromatic rings. The summed E-state index contributed by atoms with van der Waals surface area (Å²) >= 11 is 11.3. The maximum absolute atomic E-state index is 11.5. The maximum atomic E-state index is 11.5. The molecule has 0 fully saturated rings. The summed E-state index contributed by atoms with van der Waals surface area (Å²) in [7, 11) is -3.97. The van der Waals surface area contributed by atoms with Gasteiger partial charge in [0.25, 0.3) is 10.0 Å². The average Bonchev–Trinajstić information content (AvgIpc) is 2.21. The quantitative estimate of drug-likeness (QED) is 0.799. The van der Waals surface area contributed by atoms with Crippen molar-refractivity contribution in [2.24, 2.45) is 0 Å². The molecule has 17 heavy (non-hydrogen) atoms. The van der Waals surface area contributed by atoms with Crippen molar-refractivity contribution in [2.45, 2.75) is 4.90 Å². The Labute approximate surface area is 107 Å². The van der Waals surface area contributed by atoms with Crippen molar-refractivity contribution < 1.29 is 23.2 Å². The number of carboxylic acid groups (broad SMARTS) is 1. The molecule has 0 saturated carbocycles. The summed E-state index contributed by atoms with van der Waals surface area (Å²) < 4.78 is 23.1. The number of aliphatic carboxylic acids is 1. The van der Waals surface area contributed by atoms with Crippen LogP contribution in [0.15, 0.2) is 23.1 Å².